The van der Waals surface area contributed by atoms with Crippen LogP contribution in [-0.2, 0) is 10.2 Å². The van der Waals surface area contributed by atoms with Gasteiger partial charge in [-0.05, 0) is 91.6 Å². The van der Waals surface area contributed by atoms with Crippen LogP contribution >= 0.6 is 0 Å². The zero-order valence-electron chi connectivity index (χ0n) is 19.7. The Bertz CT molecular complexity index is 1450. The number of halogens is 1. The summed E-state index contributed by atoms with van der Waals surface area (Å²) < 4.78 is 13.2. The highest BCUT2D eigenvalue weighted by Crippen LogP contribution is 2.49. The summed E-state index contributed by atoms with van der Waals surface area (Å²) in [5, 5.41) is 2.83. The second-order valence-electron chi connectivity index (χ2n) is 9.14. The number of hydrogen-bond donors (Lipinski definition) is 1. The molecule has 2 amide bonds. The molecule has 3 aromatic carbocycles. The summed E-state index contributed by atoms with van der Waals surface area (Å²) in [5.74, 6) is -0.130. The number of pyridine rings is 1. The van der Waals surface area contributed by atoms with E-state index in [0.29, 0.717) is 17.1 Å². The molecular formula is C29H26FN3O2. The first kappa shape index (κ1) is 22.5. The van der Waals surface area contributed by atoms with E-state index in [1.54, 1.807) is 11.1 Å². The highest BCUT2D eigenvalue weighted by atomic mass is 19.1. The molecule has 0 saturated heterocycles. The Morgan fingerprint density at radius 1 is 1.00 bits per heavy atom. The van der Waals surface area contributed by atoms with Crippen molar-refractivity contribution in [1.82, 2.24) is 4.98 Å². The van der Waals surface area contributed by atoms with Crippen molar-refractivity contribution >= 4 is 29.0 Å². The average molecular weight is 468 g/mol. The van der Waals surface area contributed by atoms with E-state index in [1.165, 1.54) is 24.3 Å². The third-order valence-electron chi connectivity index (χ3n) is 6.42. The van der Waals surface area contributed by atoms with Crippen LogP contribution < -0.4 is 10.2 Å². The minimum Gasteiger partial charge on any atom is -0.322 e. The van der Waals surface area contributed by atoms with Crippen LogP contribution in [0.5, 0.6) is 0 Å². The van der Waals surface area contributed by atoms with Crippen LogP contribution in [0.2, 0.25) is 0 Å². The number of benzene rings is 3. The Balaban J connectivity index is 0.00000304. The highest BCUT2D eigenvalue weighted by molar-refractivity contribution is 6.14. The van der Waals surface area contributed by atoms with Crippen LogP contribution in [0.3, 0.4) is 0 Å². The first-order valence-corrected chi connectivity index (χ1v) is 11.3. The lowest BCUT2D eigenvalue weighted by molar-refractivity contribution is -0.121. The van der Waals surface area contributed by atoms with Crippen LogP contribution in [0, 0.1) is 12.7 Å². The predicted octanol–water partition coefficient (Wildman–Crippen LogP) is 6.65. The fraction of sp³-hybridized carbons (Fsp3) is 0.138. The molecule has 0 bridgehead atoms. The van der Waals surface area contributed by atoms with Crippen molar-refractivity contribution in [2.45, 2.75) is 26.2 Å². The zero-order chi connectivity index (χ0) is 24.7. The van der Waals surface area contributed by atoms with Crippen molar-refractivity contribution in [3.8, 4) is 11.1 Å². The van der Waals surface area contributed by atoms with Gasteiger partial charge in [0, 0.05) is 18.9 Å². The summed E-state index contributed by atoms with van der Waals surface area (Å²) in [6.07, 6.45) is 1.67. The first-order chi connectivity index (χ1) is 16.8. The topological polar surface area (TPSA) is 62.3 Å². The molecule has 6 heteroatoms. The third-order valence-corrected chi connectivity index (χ3v) is 6.42. The summed E-state index contributed by atoms with van der Waals surface area (Å²) >= 11 is 0. The van der Waals surface area contributed by atoms with E-state index in [2.05, 4.69) is 10.3 Å². The molecule has 2 heterocycles. The van der Waals surface area contributed by atoms with Crippen LogP contribution in [0.25, 0.3) is 11.1 Å². The van der Waals surface area contributed by atoms with Gasteiger partial charge in [-0.2, -0.15) is 0 Å². The maximum absolute atomic E-state index is 13.5. The van der Waals surface area contributed by atoms with Gasteiger partial charge in [-0.1, -0.05) is 30.3 Å². The predicted molar refractivity (Wildman–Crippen MR) is 137 cm³/mol. The molecule has 5 rings (SSSR count). The summed E-state index contributed by atoms with van der Waals surface area (Å²) in [6.45, 7) is 5.70. The second kappa shape index (κ2) is 8.47. The molecule has 0 saturated carbocycles. The van der Waals surface area contributed by atoms with E-state index in [0.717, 1.165) is 27.9 Å². The monoisotopic (exact) mass is 467 g/mol. The molecule has 35 heavy (non-hydrogen) atoms. The number of hydrogen-bond acceptors (Lipinski definition) is 3. The number of aromatic nitrogens is 1. The van der Waals surface area contributed by atoms with Gasteiger partial charge in [0.1, 0.15) is 11.6 Å². The van der Waals surface area contributed by atoms with Crippen LogP contribution in [0.15, 0.2) is 85.1 Å². The molecular weight excluding hydrogens is 441 g/mol. The van der Waals surface area contributed by atoms with Gasteiger partial charge in [0.2, 0.25) is 5.91 Å². The molecule has 1 aliphatic rings. The summed E-state index contributed by atoms with van der Waals surface area (Å²) in [5.41, 5.74) is 4.44. The van der Waals surface area contributed by atoms with Gasteiger partial charge in [0.15, 0.2) is 0 Å². The molecule has 0 atom stereocenters. The Morgan fingerprint density at radius 2 is 1.77 bits per heavy atom. The fourth-order valence-corrected chi connectivity index (χ4v) is 4.60. The summed E-state index contributed by atoms with van der Waals surface area (Å²) in [4.78, 5) is 32.7. The van der Waals surface area contributed by atoms with Crippen molar-refractivity contribution in [3.05, 3.63) is 108 Å². The molecule has 1 aromatic heterocycles. The molecule has 1 aliphatic heterocycles. The number of carbonyl (C=O) groups excluding carboxylic acids is 2. The second-order valence-corrected chi connectivity index (χ2v) is 9.14. The normalized spacial score (nSPS) is 14.1. The Kier molecular flexibility index (Phi) is 5.44. The van der Waals surface area contributed by atoms with E-state index in [4.69, 9.17) is 0 Å². The van der Waals surface area contributed by atoms with Crippen molar-refractivity contribution in [1.29, 1.82) is 0 Å². The lowest BCUT2D eigenvalue weighted by atomic mass is 9.81. The van der Waals surface area contributed by atoms with E-state index in [-0.39, 0.29) is 19.1 Å². The van der Waals surface area contributed by atoms with Crippen molar-refractivity contribution < 1.29 is 15.4 Å². The Hall–Kier alpha value is -4.32. The average Bonchev–Trinajstić information content (AvgIpc) is 3.06. The number of amides is 2. The van der Waals surface area contributed by atoms with Crippen LogP contribution in [-0.4, -0.2) is 16.8 Å². The van der Waals surface area contributed by atoms with Crippen LogP contribution in [0.1, 0.15) is 36.8 Å². The first-order valence-electron chi connectivity index (χ1n) is 11.3. The summed E-state index contributed by atoms with van der Waals surface area (Å²) in [7, 11) is 0. The molecule has 4 aromatic rings. The van der Waals surface area contributed by atoms with E-state index < -0.39 is 5.41 Å². The Labute approximate surface area is 204 Å². The quantitative estimate of drug-likeness (QED) is 0.365. The van der Waals surface area contributed by atoms with Crippen molar-refractivity contribution in [2.75, 3.05) is 10.2 Å². The van der Waals surface area contributed by atoms with Gasteiger partial charge >= 0.3 is 0 Å². The minimum absolute atomic E-state index is 0. The van der Waals surface area contributed by atoms with Gasteiger partial charge in [0.05, 0.1) is 11.1 Å². The molecule has 0 unspecified atom stereocenters. The van der Waals surface area contributed by atoms with Crippen molar-refractivity contribution in [2.24, 2.45) is 0 Å². The zero-order valence-corrected chi connectivity index (χ0v) is 19.7. The maximum atomic E-state index is 13.5. The van der Waals surface area contributed by atoms with E-state index in [1.807, 2.05) is 75.4 Å². The number of aryl methyl sites for hydroxylation is 1. The van der Waals surface area contributed by atoms with Gasteiger partial charge in [-0.3, -0.25) is 14.5 Å². The standard InChI is InChI=1S/C29H24FN3O2.H2/c1-18-10-11-19(17-23(18)27(34)32-21-14-12-20(30)13-15-21)22-7-6-8-24-26(22)29(2,3)28(35)33(24)25-9-4-5-16-31-25;/h4-17H,1-3H3,(H,32,34);1H. The molecule has 0 spiro atoms. The largest absolute Gasteiger partial charge is 0.322 e. The summed E-state index contributed by atoms with van der Waals surface area (Å²) in [6, 6.07) is 22.7. The molecule has 0 fully saturated rings. The van der Waals surface area contributed by atoms with Crippen LogP contribution in [0.4, 0.5) is 21.6 Å². The SMILES string of the molecule is Cc1ccc(-c2cccc3c2C(C)(C)C(=O)N3c2ccccn2)cc1C(=O)Nc1ccc(F)cc1.[HH]. The lowest BCUT2D eigenvalue weighted by Crippen LogP contribution is -2.33. The number of fused-ring (bicyclic) bond motifs is 1. The minimum atomic E-state index is -0.787. The Morgan fingerprint density at radius 3 is 2.49 bits per heavy atom. The van der Waals surface area contributed by atoms with Gasteiger partial charge in [-0.15, -0.1) is 0 Å². The molecule has 0 aliphatic carbocycles. The molecule has 1 N–H and O–H groups in total. The van der Waals surface area contributed by atoms with Gasteiger partial charge < -0.3 is 5.32 Å². The number of nitrogens with zero attached hydrogens (tertiary/aromatic N) is 2. The number of rotatable bonds is 4. The fourth-order valence-electron chi connectivity index (χ4n) is 4.60. The lowest BCUT2D eigenvalue weighted by Gasteiger charge is -2.20. The van der Waals surface area contributed by atoms with Crippen molar-refractivity contribution in [3.63, 3.8) is 0 Å². The van der Waals surface area contributed by atoms with E-state index in [9.17, 15) is 14.0 Å². The third kappa shape index (κ3) is 3.87. The van der Waals surface area contributed by atoms with Gasteiger partial charge in [-0.25, -0.2) is 9.37 Å². The molecule has 176 valence electrons. The number of anilines is 3. The number of nitrogens with one attached hydrogen (secondary N) is 1. The number of carbonyl (C=O) groups is 2. The molecule has 0 radical (unpaired) electrons. The van der Waals surface area contributed by atoms with E-state index >= 15 is 0 Å². The van der Waals surface area contributed by atoms with Gasteiger partial charge in [0.25, 0.3) is 5.91 Å². The smallest absolute Gasteiger partial charge is 0.255 e. The molecule has 5 nitrogen and oxygen atoms in total. The maximum Gasteiger partial charge on any atom is 0.255 e. The highest BCUT2D eigenvalue weighted by Gasteiger charge is 2.46.